The number of hydrogen-bond donors (Lipinski definition) is 1. The SMILES string of the molecule is CC(C)(C)n1ccnc(NCC2CCSC2)c1=O. The Bertz CT molecular complexity index is 458. The van der Waals surface area contributed by atoms with E-state index in [9.17, 15) is 4.79 Å². The molecule has 0 saturated carbocycles. The molecule has 100 valence electrons. The molecule has 0 bridgehead atoms. The highest BCUT2D eigenvalue weighted by atomic mass is 32.2. The van der Waals surface area contributed by atoms with Gasteiger partial charge < -0.3 is 9.88 Å². The molecule has 0 radical (unpaired) electrons. The smallest absolute Gasteiger partial charge is 0.293 e. The topological polar surface area (TPSA) is 46.9 Å². The average molecular weight is 267 g/mol. The summed E-state index contributed by atoms with van der Waals surface area (Å²) in [6, 6.07) is 0. The Morgan fingerprint density at radius 1 is 1.56 bits per heavy atom. The standard InChI is InChI=1S/C13H21N3OS/c1-13(2,3)16-6-5-14-11(12(16)17)15-8-10-4-7-18-9-10/h5-6,10H,4,7-9H2,1-3H3,(H,14,15). The van der Waals surface area contributed by atoms with E-state index < -0.39 is 0 Å². The van der Waals surface area contributed by atoms with Crippen molar-refractivity contribution in [1.82, 2.24) is 9.55 Å². The average Bonchev–Trinajstić information content (AvgIpc) is 2.79. The molecule has 0 spiro atoms. The van der Waals surface area contributed by atoms with Crippen molar-refractivity contribution in [3.8, 4) is 0 Å². The predicted molar refractivity (Wildman–Crippen MR) is 77.4 cm³/mol. The van der Waals surface area contributed by atoms with E-state index in [1.807, 2.05) is 32.5 Å². The highest BCUT2D eigenvalue weighted by molar-refractivity contribution is 7.99. The summed E-state index contributed by atoms with van der Waals surface area (Å²) in [4.78, 5) is 16.4. The summed E-state index contributed by atoms with van der Waals surface area (Å²) in [6.45, 7) is 6.91. The van der Waals surface area contributed by atoms with Gasteiger partial charge in [-0.15, -0.1) is 0 Å². The van der Waals surface area contributed by atoms with Gasteiger partial charge in [0.05, 0.1) is 0 Å². The molecule has 2 rings (SSSR count). The van der Waals surface area contributed by atoms with Crippen LogP contribution in [0.2, 0.25) is 0 Å². The molecule has 1 aromatic rings. The molecule has 2 heterocycles. The van der Waals surface area contributed by atoms with Crippen LogP contribution >= 0.6 is 11.8 Å². The predicted octanol–water partition coefficient (Wildman–Crippen LogP) is 2.16. The molecular weight excluding hydrogens is 246 g/mol. The van der Waals surface area contributed by atoms with Crippen molar-refractivity contribution in [3.63, 3.8) is 0 Å². The molecule has 4 nitrogen and oxygen atoms in total. The fourth-order valence-electron chi connectivity index (χ4n) is 2.05. The molecule has 1 aliphatic rings. The highest BCUT2D eigenvalue weighted by Gasteiger charge is 2.18. The van der Waals surface area contributed by atoms with E-state index in [1.54, 1.807) is 17.0 Å². The summed E-state index contributed by atoms with van der Waals surface area (Å²) in [5.41, 5.74) is -0.240. The van der Waals surface area contributed by atoms with Gasteiger partial charge in [-0.05, 0) is 44.6 Å². The largest absolute Gasteiger partial charge is 0.365 e. The molecular formula is C13H21N3OS. The monoisotopic (exact) mass is 267 g/mol. The third kappa shape index (κ3) is 3.07. The minimum Gasteiger partial charge on any atom is -0.365 e. The van der Waals surface area contributed by atoms with Crippen molar-refractivity contribution < 1.29 is 0 Å². The van der Waals surface area contributed by atoms with E-state index in [-0.39, 0.29) is 11.1 Å². The van der Waals surface area contributed by atoms with E-state index in [2.05, 4.69) is 10.3 Å². The lowest BCUT2D eigenvalue weighted by Gasteiger charge is -2.22. The Labute approximate surface area is 112 Å². The van der Waals surface area contributed by atoms with Crippen LogP contribution in [0.25, 0.3) is 0 Å². The summed E-state index contributed by atoms with van der Waals surface area (Å²) in [5, 5.41) is 3.21. The van der Waals surface area contributed by atoms with Gasteiger partial charge in [-0.3, -0.25) is 4.79 Å². The molecule has 1 N–H and O–H groups in total. The van der Waals surface area contributed by atoms with Crippen LogP contribution in [0.1, 0.15) is 27.2 Å². The number of thioether (sulfide) groups is 1. The first kappa shape index (κ1) is 13.5. The molecule has 18 heavy (non-hydrogen) atoms. The zero-order valence-electron chi connectivity index (χ0n) is 11.3. The Hall–Kier alpha value is -0.970. The molecule has 1 atom stereocenters. The molecule has 0 aliphatic carbocycles. The van der Waals surface area contributed by atoms with Crippen LogP contribution in [-0.2, 0) is 5.54 Å². The summed E-state index contributed by atoms with van der Waals surface area (Å²) < 4.78 is 1.73. The van der Waals surface area contributed by atoms with Gasteiger partial charge in [-0.25, -0.2) is 4.98 Å². The van der Waals surface area contributed by atoms with E-state index in [1.165, 1.54) is 17.9 Å². The van der Waals surface area contributed by atoms with Crippen molar-refractivity contribution in [2.45, 2.75) is 32.7 Å². The van der Waals surface area contributed by atoms with Crippen molar-refractivity contribution in [3.05, 3.63) is 22.7 Å². The van der Waals surface area contributed by atoms with Crippen molar-refractivity contribution in [1.29, 1.82) is 0 Å². The molecule has 1 aromatic heterocycles. The van der Waals surface area contributed by atoms with E-state index in [4.69, 9.17) is 0 Å². The van der Waals surface area contributed by atoms with Crippen molar-refractivity contribution >= 4 is 17.6 Å². The van der Waals surface area contributed by atoms with Crippen molar-refractivity contribution in [2.75, 3.05) is 23.4 Å². The Kier molecular flexibility index (Phi) is 4.00. The van der Waals surface area contributed by atoms with Crippen LogP contribution in [0.5, 0.6) is 0 Å². The first-order chi connectivity index (χ1) is 8.48. The fraction of sp³-hybridized carbons (Fsp3) is 0.692. The molecule has 5 heteroatoms. The summed E-state index contributed by atoms with van der Waals surface area (Å²) in [5.74, 6) is 3.57. The Morgan fingerprint density at radius 2 is 2.33 bits per heavy atom. The normalized spacial score (nSPS) is 20.1. The summed E-state index contributed by atoms with van der Waals surface area (Å²) in [7, 11) is 0. The van der Waals surface area contributed by atoms with Crippen LogP contribution < -0.4 is 10.9 Å². The first-order valence-electron chi connectivity index (χ1n) is 6.38. The fourth-order valence-corrected chi connectivity index (χ4v) is 3.33. The maximum Gasteiger partial charge on any atom is 0.293 e. The molecule has 1 unspecified atom stereocenters. The van der Waals surface area contributed by atoms with E-state index in [0.29, 0.717) is 11.7 Å². The van der Waals surface area contributed by atoms with Crippen LogP contribution in [0, 0.1) is 5.92 Å². The zero-order valence-corrected chi connectivity index (χ0v) is 12.1. The number of hydrogen-bond acceptors (Lipinski definition) is 4. The maximum atomic E-state index is 12.3. The molecule has 1 aliphatic heterocycles. The lowest BCUT2D eigenvalue weighted by molar-refractivity contribution is 0.383. The van der Waals surface area contributed by atoms with Gasteiger partial charge in [0.2, 0.25) is 0 Å². The minimum atomic E-state index is -0.209. The molecule has 1 saturated heterocycles. The quantitative estimate of drug-likeness (QED) is 0.911. The van der Waals surface area contributed by atoms with Crippen LogP contribution in [-0.4, -0.2) is 27.6 Å². The van der Waals surface area contributed by atoms with Crippen molar-refractivity contribution in [2.24, 2.45) is 5.92 Å². The second-order valence-electron chi connectivity index (χ2n) is 5.73. The van der Waals surface area contributed by atoms with Crippen LogP contribution in [0.4, 0.5) is 5.82 Å². The van der Waals surface area contributed by atoms with Gasteiger partial charge in [0.25, 0.3) is 5.56 Å². The number of aromatic nitrogens is 2. The van der Waals surface area contributed by atoms with Gasteiger partial charge in [-0.1, -0.05) is 0 Å². The van der Waals surface area contributed by atoms with Gasteiger partial charge >= 0.3 is 0 Å². The number of nitrogens with one attached hydrogen (secondary N) is 1. The minimum absolute atomic E-state index is 0.0318. The van der Waals surface area contributed by atoms with Gasteiger partial charge in [0.1, 0.15) is 0 Å². The third-order valence-electron chi connectivity index (χ3n) is 3.15. The first-order valence-corrected chi connectivity index (χ1v) is 7.54. The van der Waals surface area contributed by atoms with Crippen LogP contribution in [0.15, 0.2) is 17.2 Å². The molecule has 0 amide bonds. The summed E-state index contributed by atoms with van der Waals surface area (Å²) in [6.07, 6.45) is 4.68. The number of nitrogens with zero attached hydrogens (tertiary/aromatic N) is 2. The van der Waals surface area contributed by atoms with E-state index in [0.717, 1.165) is 6.54 Å². The Balaban J connectivity index is 2.11. The van der Waals surface area contributed by atoms with Crippen LogP contribution in [0.3, 0.4) is 0 Å². The second kappa shape index (κ2) is 5.34. The summed E-state index contributed by atoms with van der Waals surface area (Å²) >= 11 is 1.99. The zero-order chi connectivity index (χ0) is 13.2. The van der Waals surface area contributed by atoms with Gasteiger partial charge in [-0.2, -0.15) is 11.8 Å². The lowest BCUT2D eigenvalue weighted by Crippen LogP contribution is -2.35. The number of anilines is 1. The lowest BCUT2D eigenvalue weighted by atomic mass is 10.1. The van der Waals surface area contributed by atoms with Gasteiger partial charge in [0, 0.05) is 24.5 Å². The highest BCUT2D eigenvalue weighted by Crippen LogP contribution is 2.23. The second-order valence-corrected chi connectivity index (χ2v) is 6.88. The molecule has 1 fully saturated rings. The number of rotatable bonds is 3. The van der Waals surface area contributed by atoms with E-state index >= 15 is 0 Å². The molecule has 0 aromatic carbocycles. The maximum absolute atomic E-state index is 12.3. The third-order valence-corrected chi connectivity index (χ3v) is 4.38. The Morgan fingerprint density at radius 3 is 2.94 bits per heavy atom. The van der Waals surface area contributed by atoms with Gasteiger partial charge in [0.15, 0.2) is 5.82 Å².